The molecule has 1 N–H and O–H groups in total. The Bertz CT molecular complexity index is 1360. The molecule has 4 heterocycles. The number of amides is 1. The van der Waals surface area contributed by atoms with E-state index in [0.717, 1.165) is 47.7 Å². The van der Waals surface area contributed by atoms with E-state index in [0.29, 0.717) is 19.6 Å². The molecule has 8 heteroatoms. The first-order valence-electron chi connectivity index (χ1n) is 10.8. The summed E-state index contributed by atoms with van der Waals surface area (Å²) in [6, 6.07) is 7.69. The Morgan fingerprint density at radius 1 is 1.16 bits per heavy atom. The Morgan fingerprint density at radius 3 is 2.90 bits per heavy atom. The number of thiazole rings is 1. The van der Waals surface area contributed by atoms with Gasteiger partial charge in [0.1, 0.15) is 0 Å². The summed E-state index contributed by atoms with van der Waals surface area (Å²) in [5, 5.41) is 3.08. The molecule has 1 aromatic carbocycles. The number of para-hydroxylation sites is 1. The molecule has 0 unspecified atom stereocenters. The number of H-pyrrole nitrogens is 1. The second kappa shape index (κ2) is 7.32. The van der Waals surface area contributed by atoms with Gasteiger partial charge >= 0.3 is 0 Å². The van der Waals surface area contributed by atoms with Crippen molar-refractivity contribution in [3.05, 3.63) is 68.7 Å². The summed E-state index contributed by atoms with van der Waals surface area (Å²) >= 11 is 1.47. The van der Waals surface area contributed by atoms with Crippen LogP contribution in [0.5, 0.6) is 0 Å². The number of nitrogens with one attached hydrogen (secondary N) is 1. The Balaban J connectivity index is 1.17. The van der Waals surface area contributed by atoms with Crippen molar-refractivity contribution in [2.75, 3.05) is 26.2 Å². The van der Waals surface area contributed by atoms with Crippen LogP contribution in [0.15, 0.2) is 40.6 Å². The molecule has 0 spiro atoms. The first-order chi connectivity index (χ1) is 15.2. The smallest absolute Gasteiger partial charge is 0.258 e. The van der Waals surface area contributed by atoms with Gasteiger partial charge in [-0.2, -0.15) is 0 Å². The lowest BCUT2D eigenvalue weighted by molar-refractivity contribution is 0.0629. The average molecular weight is 434 g/mol. The maximum atomic E-state index is 13.3. The first-order valence-corrected chi connectivity index (χ1v) is 11.7. The molecule has 3 aromatic heterocycles. The molecule has 0 radical (unpaired) electrons. The van der Waals surface area contributed by atoms with Crippen LogP contribution >= 0.6 is 11.3 Å². The zero-order chi connectivity index (χ0) is 20.9. The lowest BCUT2D eigenvalue weighted by atomic mass is 10.1. The van der Waals surface area contributed by atoms with Gasteiger partial charge in [0.25, 0.3) is 11.5 Å². The highest BCUT2D eigenvalue weighted by atomic mass is 32.1. The topological polar surface area (TPSA) is 73.7 Å². The fourth-order valence-electron chi connectivity index (χ4n) is 4.92. The highest BCUT2D eigenvalue weighted by Crippen LogP contribution is 2.32. The summed E-state index contributed by atoms with van der Waals surface area (Å²) in [5.74, 6) is 0.0987. The van der Waals surface area contributed by atoms with Crippen LogP contribution in [-0.4, -0.2) is 56.3 Å². The number of rotatable bonds is 3. The van der Waals surface area contributed by atoms with Crippen molar-refractivity contribution in [3.8, 4) is 0 Å². The summed E-state index contributed by atoms with van der Waals surface area (Å²) < 4.78 is 1.57. The highest BCUT2D eigenvalue weighted by Gasteiger charge is 2.26. The van der Waals surface area contributed by atoms with E-state index in [-0.39, 0.29) is 11.5 Å². The number of fused-ring (bicyclic) bond motifs is 4. The van der Waals surface area contributed by atoms with Gasteiger partial charge in [0.05, 0.1) is 16.8 Å². The van der Waals surface area contributed by atoms with E-state index in [1.54, 1.807) is 16.7 Å². The molecular weight excluding hydrogens is 410 g/mol. The number of hydrogen-bond acceptors (Lipinski definition) is 5. The van der Waals surface area contributed by atoms with Crippen molar-refractivity contribution in [2.45, 2.75) is 25.8 Å². The van der Waals surface area contributed by atoms with Crippen molar-refractivity contribution in [3.63, 3.8) is 0 Å². The van der Waals surface area contributed by atoms with Crippen LogP contribution < -0.4 is 5.56 Å². The van der Waals surface area contributed by atoms with Gasteiger partial charge in [-0.05, 0) is 30.9 Å². The Hall–Kier alpha value is -2.97. The fraction of sp³-hybridized carbons (Fsp3) is 0.348. The third-order valence-electron chi connectivity index (χ3n) is 6.52. The summed E-state index contributed by atoms with van der Waals surface area (Å²) in [6.07, 6.45) is 5.12. The van der Waals surface area contributed by atoms with Crippen LogP contribution in [0.3, 0.4) is 0 Å². The van der Waals surface area contributed by atoms with Gasteiger partial charge in [0.15, 0.2) is 4.96 Å². The molecule has 1 fully saturated rings. The summed E-state index contributed by atoms with van der Waals surface area (Å²) in [7, 11) is 0. The molecule has 0 saturated carbocycles. The Morgan fingerprint density at radius 2 is 2.03 bits per heavy atom. The van der Waals surface area contributed by atoms with E-state index in [9.17, 15) is 9.59 Å². The number of aryl methyl sites for hydroxylation is 2. The monoisotopic (exact) mass is 433 g/mol. The minimum Gasteiger partial charge on any atom is -0.358 e. The third kappa shape index (κ3) is 3.18. The molecule has 0 bridgehead atoms. The number of nitrogens with zero attached hydrogens (tertiary/aromatic N) is 4. The van der Waals surface area contributed by atoms with Crippen LogP contribution in [0.2, 0.25) is 0 Å². The Kier molecular flexibility index (Phi) is 4.43. The number of hydrogen-bond donors (Lipinski definition) is 1. The summed E-state index contributed by atoms with van der Waals surface area (Å²) in [4.78, 5) is 38.6. The lowest BCUT2D eigenvalue weighted by Crippen LogP contribution is -2.48. The molecule has 0 atom stereocenters. The predicted molar refractivity (Wildman–Crippen MR) is 121 cm³/mol. The zero-order valence-electron chi connectivity index (χ0n) is 17.1. The molecule has 7 nitrogen and oxygen atoms in total. The van der Waals surface area contributed by atoms with Gasteiger partial charge in [-0.15, -0.1) is 11.3 Å². The molecule has 31 heavy (non-hydrogen) atoms. The van der Waals surface area contributed by atoms with Crippen LogP contribution in [0.4, 0.5) is 0 Å². The van der Waals surface area contributed by atoms with Gasteiger partial charge < -0.3 is 9.88 Å². The van der Waals surface area contributed by atoms with E-state index in [2.05, 4.69) is 20.9 Å². The van der Waals surface area contributed by atoms with Gasteiger partial charge in [-0.3, -0.25) is 18.9 Å². The summed E-state index contributed by atoms with van der Waals surface area (Å²) in [5.41, 5.74) is 5.21. The fourth-order valence-corrected chi connectivity index (χ4v) is 5.66. The number of aromatic amines is 1. The molecule has 158 valence electrons. The van der Waals surface area contributed by atoms with Gasteiger partial charge in [0, 0.05) is 61.4 Å². The maximum absolute atomic E-state index is 13.3. The van der Waals surface area contributed by atoms with Crippen LogP contribution in [-0.2, 0) is 19.4 Å². The minimum atomic E-state index is -0.0407. The van der Waals surface area contributed by atoms with Crippen molar-refractivity contribution in [1.82, 2.24) is 24.2 Å². The number of carbonyl (C=O) groups is 1. The van der Waals surface area contributed by atoms with Crippen LogP contribution in [0.25, 0.3) is 15.9 Å². The predicted octanol–water partition coefficient (Wildman–Crippen LogP) is 2.68. The third-order valence-corrected chi connectivity index (χ3v) is 7.27. The highest BCUT2D eigenvalue weighted by molar-refractivity contribution is 7.15. The van der Waals surface area contributed by atoms with Crippen LogP contribution in [0.1, 0.15) is 33.7 Å². The quantitative estimate of drug-likeness (QED) is 0.539. The molecular formula is C23H23N5O2S. The number of carbonyl (C=O) groups excluding carboxylic acids is 1. The zero-order valence-corrected chi connectivity index (χ0v) is 18.0. The van der Waals surface area contributed by atoms with E-state index >= 15 is 0 Å². The molecule has 1 aliphatic heterocycles. The Labute approximate surface area is 182 Å². The summed E-state index contributed by atoms with van der Waals surface area (Å²) in [6.45, 7) is 3.53. The molecule has 1 aliphatic carbocycles. The second-order valence-corrected chi connectivity index (χ2v) is 9.25. The molecule has 1 amide bonds. The van der Waals surface area contributed by atoms with E-state index in [1.807, 2.05) is 22.4 Å². The van der Waals surface area contributed by atoms with Crippen molar-refractivity contribution in [1.29, 1.82) is 0 Å². The van der Waals surface area contributed by atoms with E-state index in [4.69, 9.17) is 0 Å². The molecule has 2 aliphatic rings. The molecule has 1 saturated heterocycles. The van der Waals surface area contributed by atoms with Gasteiger partial charge in [-0.1, -0.05) is 12.1 Å². The minimum absolute atomic E-state index is 0.0407. The van der Waals surface area contributed by atoms with Crippen molar-refractivity contribution >= 4 is 33.1 Å². The molecule has 6 rings (SSSR count). The maximum Gasteiger partial charge on any atom is 0.258 e. The van der Waals surface area contributed by atoms with Gasteiger partial charge in [0.2, 0.25) is 0 Å². The number of aromatic nitrogens is 3. The largest absolute Gasteiger partial charge is 0.358 e. The average Bonchev–Trinajstić information content (AvgIpc) is 3.50. The van der Waals surface area contributed by atoms with Crippen LogP contribution in [0, 0.1) is 0 Å². The SMILES string of the molecule is O=C(c1cccc2c3c([nH]c12)CCC3)N1CCN(Cc2cc(=O)n3ccsc3n2)CC1. The van der Waals surface area contributed by atoms with E-state index in [1.165, 1.54) is 34.4 Å². The standard InChI is InChI=1S/C23H23N5O2S/c29-20-13-15(24-23-28(20)11-12-31-23)14-26-7-9-27(10-8-26)22(30)18-5-1-4-17-16-3-2-6-19(16)25-21(17)18/h1,4-5,11-13,25H,2-3,6-10,14H2. The normalized spacial score (nSPS) is 17.0. The number of benzene rings is 1. The first kappa shape index (κ1) is 18.8. The van der Waals surface area contributed by atoms with Crippen molar-refractivity contribution in [2.24, 2.45) is 0 Å². The van der Waals surface area contributed by atoms with E-state index < -0.39 is 0 Å². The van der Waals surface area contributed by atoms with Gasteiger partial charge in [-0.25, -0.2) is 4.98 Å². The lowest BCUT2D eigenvalue weighted by Gasteiger charge is -2.34. The second-order valence-electron chi connectivity index (χ2n) is 8.37. The van der Waals surface area contributed by atoms with Crippen molar-refractivity contribution < 1.29 is 4.79 Å². The molecule has 4 aromatic rings. The number of piperazine rings is 1.